The average Bonchev–Trinajstić information content (AvgIpc) is 2.34. The highest BCUT2D eigenvalue weighted by Crippen LogP contribution is 2.60. The summed E-state index contributed by atoms with van der Waals surface area (Å²) in [6.07, 6.45) is -0.697. The largest absolute Gasteiger partial charge is 0.449 e. The summed E-state index contributed by atoms with van der Waals surface area (Å²) in [5, 5.41) is 0. The maximum Gasteiger partial charge on any atom is 0.449 e. The Morgan fingerprint density at radius 2 is 1.55 bits per heavy atom. The number of carbonyl (C=O) groups is 1. The number of ether oxygens (including phenoxy) is 1. The van der Waals surface area contributed by atoms with E-state index in [9.17, 15) is 26.4 Å². The van der Waals surface area contributed by atoms with Gasteiger partial charge in [-0.05, 0) is 56.3 Å². The van der Waals surface area contributed by atoms with Crippen LogP contribution >= 0.6 is 0 Å². The van der Waals surface area contributed by atoms with Gasteiger partial charge >= 0.3 is 27.7 Å². The number of alkyl halides is 3. The van der Waals surface area contributed by atoms with Crippen LogP contribution in [0.3, 0.4) is 0 Å². The van der Waals surface area contributed by atoms with E-state index in [4.69, 9.17) is 4.55 Å². The van der Waals surface area contributed by atoms with E-state index in [0.717, 1.165) is 19.3 Å². The number of carbonyl (C=O) groups excluding carboxylic acids is 1. The predicted octanol–water partition coefficient (Wildman–Crippen LogP) is 2.52. The molecule has 1 N–H and O–H groups in total. The zero-order chi connectivity index (χ0) is 16.3. The van der Waals surface area contributed by atoms with E-state index >= 15 is 0 Å². The molecular weight excluding hydrogens is 325 g/mol. The van der Waals surface area contributed by atoms with Crippen LogP contribution in [-0.4, -0.2) is 30.6 Å². The van der Waals surface area contributed by atoms with Crippen molar-refractivity contribution in [2.24, 2.45) is 23.2 Å². The second-order valence-electron chi connectivity index (χ2n) is 6.98. The van der Waals surface area contributed by atoms with Gasteiger partial charge in [-0.15, -0.1) is 0 Å². The van der Waals surface area contributed by atoms with Gasteiger partial charge in [0.25, 0.3) is 0 Å². The summed E-state index contributed by atoms with van der Waals surface area (Å²) in [6.45, 7) is 0. The minimum Gasteiger partial charge on any atom is -0.397 e. The summed E-state index contributed by atoms with van der Waals surface area (Å²) in [5.74, 6) is -0.386. The van der Waals surface area contributed by atoms with E-state index < -0.39 is 33.1 Å². The third-order valence-electron chi connectivity index (χ3n) is 5.23. The molecule has 4 saturated carbocycles. The third kappa shape index (κ3) is 2.62. The summed E-state index contributed by atoms with van der Waals surface area (Å²) >= 11 is 0. The van der Waals surface area contributed by atoms with Crippen molar-refractivity contribution in [3.05, 3.63) is 0 Å². The van der Waals surface area contributed by atoms with Gasteiger partial charge in [-0.25, -0.2) is 4.39 Å². The van der Waals surface area contributed by atoms with Gasteiger partial charge in [-0.2, -0.15) is 17.2 Å². The van der Waals surface area contributed by atoms with Gasteiger partial charge in [0.05, 0.1) is 5.41 Å². The van der Waals surface area contributed by atoms with E-state index in [1.54, 1.807) is 0 Å². The topological polar surface area (TPSA) is 80.7 Å². The molecule has 126 valence electrons. The molecule has 0 aromatic carbocycles. The van der Waals surface area contributed by atoms with Gasteiger partial charge in [-0.3, -0.25) is 9.35 Å². The quantitative estimate of drug-likeness (QED) is 0.627. The van der Waals surface area contributed by atoms with Crippen molar-refractivity contribution in [2.45, 2.75) is 50.1 Å². The SMILES string of the molecule is O=C(OC(F)(F)C(F)S(=O)(=O)O)C12CC3CC(CC(C3)C1)C2. The van der Waals surface area contributed by atoms with Gasteiger partial charge in [0, 0.05) is 0 Å². The maximum absolute atomic E-state index is 13.5. The first-order valence-electron chi connectivity index (χ1n) is 7.23. The Balaban J connectivity index is 1.77. The average molecular weight is 342 g/mol. The fourth-order valence-electron chi connectivity index (χ4n) is 4.81. The van der Waals surface area contributed by atoms with Crippen LogP contribution in [-0.2, 0) is 19.6 Å². The molecule has 4 bridgehead atoms. The first-order valence-corrected chi connectivity index (χ1v) is 8.74. The molecule has 4 aliphatic carbocycles. The zero-order valence-electron chi connectivity index (χ0n) is 11.7. The van der Waals surface area contributed by atoms with Crippen LogP contribution in [0.5, 0.6) is 0 Å². The van der Waals surface area contributed by atoms with E-state index in [-0.39, 0.29) is 17.8 Å². The highest BCUT2D eigenvalue weighted by molar-refractivity contribution is 7.86. The summed E-state index contributed by atoms with van der Waals surface area (Å²) < 4.78 is 73.5. The monoisotopic (exact) mass is 342 g/mol. The highest BCUT2D eigenvalue weighted by Gasteiger charge is 2.59. The second kappa shape index (κ2) is 4.83. The first-order chi connectivity index (χ1) is 10.0. The highest BCUT2D eigenvalue weighted by atomic mass is 32.2. The molecule has 0 amide bonds. The summed E-state index contributed by atoms with van der Waals surface area (Å²) in [5.41, 5.74) is -5.03. The van der Waals surface area contributed by atoms with Gasteiger partial charge in [0.15, 0.2) is 0 Å². The third-order valence-corrected chi connectivity index (χ3v) is 6.02. The molecule has 4 rings (SSSR count). The summed E-state index contributed by atoms with van der Waals surface area (Å²) in [7, 11) is -5.66. The van der Waals surface area contributed by atoms with Crippen LogP contribution in [0.1, 0.15) is 38.5 Å². The molecule has 22 heavy (non-hydrogen) atoms. The zero-order valence-corrected chi connectivity index (χ0v) is 12.5. The van der Waals surface area contributed by atoms with Crippen molar-refractivity contribution in [1.29, 1.82) is 0 Å². The number of hydrogen-bond donors (Lipinski definition) is 1. The van der Waals surface area contributed by atoms with Crippen LogP contribution < -0.4 is 0 Å². The normalized spacial score (nSPS) is 38.8. The number of esters is 1. The first kappa shape index (κ1) is 16.0. The lowest BCUT2D eigenvalue weighted by molar-refractivity contribution is -0.260. The van der Waals surface area contributed by atoms with Crippen LogP contribution in [0.4, 0.5) is 13.2 Å². The van der Waals surface area contributed by atoms with Crippen molar-refractivity contribution in [1.82, 2.24) is 0 Å². The Kier molecular flexibility index (Phi) is 3.52. The van der Waals surface area contributed by atoms with Crippen LogP contribution in [0, 0.1) is 23.2 Å². The van der Waals surface area contributed by atoms with Gasteiger partial charge in [-0.1, -0.05) is 0 Å². The van der Waals surface area contributed by atoms with Gasteiger partial charge in [0.2, 0.25) is 0 Å². The Morgan fingerprint density at radius 1 is 1.14 bits per heavy atom. The number of hydrogen-bond acceptors (Lipinski definition) is 4. The summed E-state index contributed by atoms with van der Waals surface area (Å²) in [4.78, 5) is 12.2. The Morgan fingerprint density at radius 3 is 1.91 bits per heavy atom. The summed E-state index contributed by atoms with van der Waals surface area (Å²) in [6, 6.07) is 0. The van der Waals surface area contributed by atoms with Crippen molar-refractivity contribution in [2.75, 3.05) is 0 Å². The molecule has 0 aromatic heterocycles. The second-order valence-corrected chi connectivity index (χ2v) is 8.42. The minimum atomic E-state index is -5.66. The van der Waals surface area contributed by atoms with Crippen molar-refractivity contribution < 1.29 is 35.7 Å². The number of halogens is 3. The van der Waals surface area contributed by atoms with Crippen LogP contribution in [0.2, 0.25) is 0 Å². The molecule has 5 nitrogen and oxygen atoms in total. The van der Waals surface area contributed by atoms with E-state index in [0.29, 0.717) is 19.3 Å². The van der Waals surface area contributed by atoms with Gasteiger partial charge < -0.3 is 4.74 Å². The van der Waals surface area contributed by atoms with Crippen molar-refractivity contribution in [3.63, 3.8) is 0 Å². The standard InChI is InChI=1S/C13H17F3O5S/c14-10(22(18,19)20)13(15,16)21-11(17)12-4-7-1-8(5-12)3-9(2-7)6-12/h7-10H,1-6H2,(H,18,19,20). The Hall–Kier alpha value is -0.830. The lowest BCUT2D eigenvalue weighted by atomic mass is 9.49. The Bertz CT molecular complexity index is 553. The molecule has 1 unspecified atom stereocenters. The molecule has 1 atom stereocenters. The van der Waals surface area contributed by atoms with Crippen LogP contribution in [0.15, 0.2) is 0 Å². The molecule has 0 radical (unpaired) electrons. The molecule has 0 aromatic rings. The molecule has 0 heterocycles. The van der Waals surface area contributed by atoms with Crippen molar-refractivity contribution in [3.8, 4) is 0 Å². The van der Waals surface area contributed by atoms with Crippen LogP contribution in [0.25, 0.3) is 0 Å². The lowest BCUT2D eigenvalue weighted by Gasteiger charge is -2.55. The van der Waals surface area contributed by atoms with Gasteiger partial charge in [0.1, 0.15) is 0 Å². The molecule has 0 aliphatic heterocycles. The minimum absolute atomic E-state index is 0.287. The smallest absolute Gasteiger partial charge is 0.397 e. The fourth-order valence-corrected chi connectivity index (χ4v) is 5.21. The van der Waals surface area contributed by atoms with E-state index in [1.807, 2.05) is 0 Å². The molecule has 0 spiro atoms. The maximum atomic E-state index is 13.5. The fraction of sp³-hybridized carbons (Fsp3) is 0.923. The van der Waals surface area contributed by atoms with E-state index in [2.05, 4.69) is 4.74 Å². The molecule has 9 heteroatoms. The molecule has 4 fully saturated rings. The number of rotatable bonds is 4. The predicted molar refractivity (Wildman–Crippen MR) is 68.1 cm³/mol. The molecular formula is C13H17F3O5S. The van der Waals surface area contributed by atoms with E-state index in [1.165, 1.54) is 0 Å². The molecule has 4 aliphatic rings. The lowest BCUT2D eigenvalue weighted by Crippen LogP contribution is -2.53. The Labute approximate surface area is 126 Å². The van der Waals surface area contributed by atoms with Crippen molar-refractivity contribution >= 4 is 16.1 Å². The molecule has 0 saturated heterocycles.